The topological polar surface area (TPSA) is 75.4 Å². The number of amides is 2. The van der Waals surface area contributed by atoms with Crippen molar-refractivity contribution in [2.45, 2.75) is 18.9 Å². The fourth-order valence-corrected chi connectivity index (χ4v) is 1.36. The largest absolute Gasteiger partial charge is 0.370 e. The van der Waals surface area contributed by atoms with Crippen molar-refractivity contribution in [3.63, 3.8) is 0 Å². The van der Waals surface area contributed by atoms with Crippen molar-refractivity contribution in [1.82, 2.24) is 10.2 Å². The van der Waals surface area contributed by atoms with Crippen LogP contribution >= 0.6 is 12.2 Å². The molecule has 0 aromatic rings. The van der Waals surface area contributed by atoms with Crippen molar-refractivity contribution < 1.29 is 9.59 Å². The number of carbonyl (C=O) groups excluding carboxylic acids is 2. The minimum Gasteiger partial charge on any atom is -0.370 e. The number of rotatable bonds is 3. The molecule has 0 aromatic heterocycles. The van der Waals surface area contributed by atoms with Gasteiger partial charge >= 0.3 is 0 Å². The molecule has 1 fully saturated rings. The Morgan fingerprint density at radius 2 is 2.38 bits per heavy atom. The van der Waals surface area contributed by atoms with E-state index in [1.54, 1.807) is 7.05 Å². The first-order valence-electron chi connectivity index (χ1n) is 3.88. The molecule has 6 heteroatoms. The van der Waals surface area contributed by atoms with Gasteiger partial charge in [-0.15, -0.1) is 0 Å². The van der Waals surface area contributed by atoms with Gasteiger partial charge in [0, 0.05) is 13.5 Å². The molecular weight excluding hydrogens is 190 g/mol. The molecule has 1 saturated heterocycles. The number of nitrogens with one attached hydrogen (secondary N) is 1. The lowest BCUT2D eigenvalue weighted by atomic mass is 10.1. The van der Waals surface area contributed by atoms with Gasteiger partial charge in [-0.3, -0.25) is 14.5 Å². The quantitative estimate of drug-likeness (QED) is 0.572. The lowest BCUT2D eigenvalue weighted by Gasteiger charge is -2.05. The molecular formula is C7H11N3O2S. The average molecular weight is 201 g/mol. The van der Waals surface area contributed by atoms with Crippen molar-refractivity contribution in [2.24, 2.45) is 5.73 Å². The van der Waals surface area contributed by atoms with E-state index in [1.807, 2.05) is 0 Å². The van der Waals surface area contributed by atoms with Gasteiger partial charge < -0.3 is 11.1 Å². The molecule has 1 rings (SSSR count). The summed E-state index contributed by atoms with van der Waals surface area (Å²) in [6.45, 7) is 0. The summed E-state index contributed by atoms with van der Waals surface area (Å²) in [6, 6.07) is -0.384. The van der Waals surface area contributed by atoms with Crippen LogP contribution in [0, 0.1) is 0 Å². The first-order chi connectivity index (χ1) is 6.02. The number of primary amides is 1. The normalized spacial score (nSPS) is 21.9. The smallest absolute Gasteiger partial charge is 0.251 e. The zero-order valence-corrected chi connectivity index (χ0v) is 8.06. The number of nitrogens with two attached hydrogens (primary N) is 1. The third kappa shape index (κ3) is 2.15. The Balaban J connectivity index is 2.49. The summed E-state index contributed by atoms with van der Waals surface area (Å²) in [7, 11) is 1.60. The summed E-state index contributed by atoms with van der Waals surface area (Å²) in [5.41, 5.74) is 4.96. The van der Waals surface area contributed by atoms with Gasteiger partial charge in [-0.05, 0) is 18.6 Å². The summed E-state index contributed by atoms with van der Waals surface area (Å²) < 4.78 is 0. The molecule has 0 aromatic carbocycles. The van der Waals surface area contributed by atoms with Crippen LogP contribution in [0.1, 0.15) is 12.8 Å². The summed E-state index contributed by atoms with van der Waals surface area (Å²) in [5.74, 6) is -0.513. The van der Waals surface area contributed by atoms with E-state index in [0.717, 1.165) is 0 Å². The second-order valence-electron chi connectivity index (χ2n) is 2.90. The summed E-state index contributed by atoms with van der Waals surface area (Å²) in [4.78, 5) is 23.2. The lowest BCUT2D eigenvalue weighted by Crippen LogP contribution is -2.30. The lowest BCUT2D eigenvalue weighted by molar-refractivity contribution is -0.126. The van der Waals surface area contributed by atoms with E-state index in [1.165, 1.54) is 4.90 Å². The van der Waals surface area contributed by atoms with Crippen LogP contribution in [0.3, 0.4) is 0 Å². The second kappa shape index (κ2) is 3.69. The SMILES string of the molecule is CN1C(=O)[C@H](CCC(N)=O)NC1=S. The van der Waals surface area contributed by atoms with Gasteiger partial charge in [-0.2, -0.15) is 0 Å². The van der Waals surface area contributed by atoms with E-state index in [9.17, 15) is 9.59 Å². The first kappa shape index (κ1) is 9.91. The fourth-order valence-electron chi connectivity index (χ4n) is 1.12. The molecule has 0 unspecified atom stereocenters. The molecule has 1 heterocycles. The van der Waals surface area contributed by atoms with E-state index < -0.39 is 5.91 Å². The van der Waals surface area contributed by atoms with E-state index in [4.69, 9.17) is 18.0 Å². The highest BCUT2D eigenvalue weighted by molar-refractivity contribution is 7.80. The van der Waals surface area contributed by atoms with Crippen LogP contribution in [0.2, 0.25) is 0 Å². The molecule has 0 radical (unpaired) electrons. The molecule has 0 aliphatic carbocycles. The first-order valence-corrected chi connectivity index (χ1v) is 4.29. The molecule has 1 aliphatic heterocycles. The molecule has 72 valence electrons. The maximum atomic E-state index is 11.4. The number of hydrogen-bond acceptors (Lipinski definition) is 3. The molecule has 3 N–H and O–H groups in total. The van der Waals surface area contributed by atoms with Crippen LogP contribution in [-0.2, 0) is 9.59 Å². The number of carbonyl (C=O) groups is 2. The number of thiocarbonyl (C=S) groups is 1. The zero-order chi connectivity index (χ0) is 10.0. The maximum absolute atomic E-state index is 11.4. The molecule has 0 spiro atoms. The Labute approximate surface area is 81.3 Å². The second-order valence-corrected chi connectivity index (χ2v) is 3.29. The van der Waals surface area contributed by atoms with Crippen molar-refractivity contribution >= 4 is 29.1 Å². The third-order valence-corrected chi connectivity index (χ3v) is 2.30. The Hall–Kier alpha value is -1.17. The molecule has 13 heavy (non-hydrogen) atoms. The van der Waals surface area contributed by atoms with Crippen LogP contribution in [0.4, 0.5) is 0 Å². The highest BCUT2D eigenvalue weighted by Gasteiger charge is 2.32. The zero-order valence-electron chi connectivity index (χ0n) is 7.24. The molecule has 2 amide bonds. The van der Waals surface area contributed by atoms with E-state index in [2.05, 4.69) is 5.32 Å². The highest BCUT2D eigenvalue weighted by atomic mass is 32.1. The average Bonchev–Trinajstić information content (AvgIpc) is 2.29. The predicted molar refractivity (Wildman–Crippen MR) is 50.7 cm³/mol. The fraction of sp³-hybridized carbons (Fsp3) is 0.571. The number of hydrogen-bond donors (Lipinski definition) is 2. The number of nitrogens with zero attached hydrogens (tertiary/aromatic N) is 1. The van der Waals surface area contributed by atoms with E-state index in [0.29, 0.717) is 11.5 Å². The summed E-state index contributed by atoms with van der Waals surface area (Å²) in [5, 5.41) is 3.21. The molecule has 1 aliphatic rings. The van der Waals surface area contributed by atoms with Crippen LogP contribution in [0.25, 0.3) is 0 Å². The van der Waals surface area contributed by atoms with Crippen molar-refractivity contribution in [3.8, 4) is 0 Å². The van der Waals surface area contributed by atoms with Gasteiger partial charge in [0.25, 0.3) is 5.91 Å². The van der Waals surface area contributed by atoms with E-state index >= 15 is 0 Å². The maximum Gasteiger partial charge on any atom is 0.251 e. The molecule has 0 saturated carbocycles. The van der Waals surface area contributed by atoms with Gasteiger partial charge in [0.05, 0.1) is 0 Å². The standard InChI is InChI=1S/C7H11N3O2S/c1-10-6(12)4(9-7(10)13)2-3-5(8)11/h4H,2-3H2,1H3,(H2,8,11)(H,9,13)/t4-/m0/s1. The van der Waals surface area contributed by atoms with Gasteiger partial charge in [-0.1, -0.05) is 0 Å². The molecule has 1 atom stereocenters. The highest BCUT2D eigenvalue weighted by Crippen LogP contribution is 2.08. The molecule has 5 nitrogen and oxygen atoms in total. The van der Waals surface area contributed by atoms with Crippen LogP contribution in [0.15, 0.2) is 0 Å². The third-order valence-electron chi connectivity index (χ3n) is 1.91. The van der Waals surface area contributed by atoms with Crippen LogP contribution in [-0.4, -0.2) is 34.9 Å². The van der Waals surface area contributed by atoms with Crippen LogP contribution < -0.4 is 11.1 Å². The Morgan fingerprint density at radius 1 is 1.77 bits per heavy atom. The van der Waals surface area contributed by atoms with Crippen molar-refractivity contribution in [1.29, 1.82) is 0 Å². The van der Waals surface area contributed by atoms with Crippen LogP contribution in [0.5, 0.6) is 0 Å². The minimum absolute atomic E-state index is 0.105. The monoisotopic (exact) mass is 201 g/mol. The van der Waals surface area contributed by atoms with Gasteiger partial charge in [0.1, 0.15) is 6.04 Å². The Bertz CT molecular complexity index is 266. The number of likely N-dealkylation sites (N-methyl/N-ethyl adjacent to an activating group) is 1. The Kier molecular flexibility index (Phi) is 2.82. The minimum atomic E-state index is -0.407. The van der Waals surface area contributed by atoms with Gasteiger partial charge in [0.15, 0.2) is 5.11 Å². The Morgan fingerprint density at radius 3 is 2.77 bits per heavy atom. The van der Waals surface area contributed by atoms with Crippen molar-refractivity contribution in [3.05, 3.63) is 0 Å². The van der Waals surface area contributed by atoms with Gasteiger partial charge in [-0.25, -0.2) is 0 Å². The summed E-state index contributed by atoms with van der Waals surface area (Å²) >= 11 is 4.85. The summed E-state index contributed by atoms with van der Waals surface area (Å²) in [6.07, 6.45) is 0.596. The van der Waals surface area contributed by atoms with Gasteiger partial charge in [0.2, 0.25) is 5.91 Å². The predicted octanol–water partition coefficient (Wildman–Crippen LogP) is -1.03. The molecule has 0 bridgehead atoms. The van der Waals surface area contributed by atoms with E-state index in [-0.39, 0.29) is 18.4 Å². The van der Waals surface area contributed by atoms with Crippen molar-refractivity contribution in [2.75, 3.05) is 7.05 Å².